The van der Waals surface area contributed by atoms with Gasteiger partial charge in [-0.15, -0.1) is 0 Å². The Morgan fingerprint density at radius 2 is 1.70 bits per heavy atom. The Hall–Kier alpha value is -0.160. The minimum atomic E-state index is 0.225. The first kappa shape index (κ1) is 20.1. The Morgan fingerprint density at radius 1 is 0.889 bits per heavy atom. The van der Waals surface area contributed by atoms with E-state index >= 15 is 0 Å². The van der Waals surface area contributed by atoms with E-state index in [4.69, 9.17) is 9.47 Å². The molecule has 156 valence electrons. The van der Waals surface area contributed by atoms with Crippen molar-refractivity contribution in [1.29, 1.82) is 0 Å². The van der Waals surface area contributed by atoms with E-state index in [9.17, 15) is 0 Å². The van der Waals surface area contributed by atoms with Gasteiger partial charge in [0, 0.05) is 43.4 Å². The molecule has 0 aromatic heterocycles. The highest BCUT2D eigenvalue weighted by atomic mass is 16.5. The van der Waals surface area contributed by atoms with E-state index in [2.05, 4.69) is 44.4 Å². The molecule has 4 fully saturated rings. The second-order valence-electron chi connectivity index (χ2n) is 10.8. The first-order chi connectivity index (χ1) is 12.8. The Balaban J connectivity index is 1.50. The first-order valence-corrected chi connectivity index (χ1v) is 11.6. The summed E-state index contributed by atoms with van der Waals surface area (Å²) >= 11 is 0. The number of fused-ring (bicyclic) bond motifs is 2. The summed E-state index contributed by atoms with van der Waals surface area (Å²) in [5, 5.41) is 0. The fourth-order valence-electron chi connectivity index (χ4n) is 6.42. The minimum Gasteiger partial charge on any atom is -0.377 e. The number of rotatable bonds is 2. The van der Waals surface area contributed by atoms with Crippen molar-refractivity contribution >= 4 is 0 Å². The summed E-state index contributed by atoms with van der Waals surface area (Å²) in [5.74, 6) is 1.39. The predicted molar refractivity (Wildman–Crippen MR) is 110 cm³/mol. The third kappa shape index (κ3) is 4.10. The molecular weight excluding hydrogens is 336 g/mol. The standard InChI is InChI=1S/C23H42N2O2/c1-16(2)24-10-7-11-26-22-13-17(12-20(22)24)18-14-25(23(3,4)5)19-8-6-9-21(19)27-15-18/h16-22H,6-15H2,1-5H3/t17?,18?,19-,20-,21-,22+/m0/s1. The summed E-state index contributed by atoms with van der Waals surface area (Å²) in [5.41, 5.74) is 0.225. The van der Waals surface area contributed by atoms with Crippen LogP contribution in [0.2, 0.25) is 0 Å². The van der Waals surface area contributed by atoms with E-state index in [0.717, 1.165) is 19.1 Å². The third-order valence-electron chi connectivity index (χ3n) is 7.79. The molecule has 2 unspecified atom stereocenters. The van der Waals surface area contributed by atoms with Crippen LogP contribution in [0.5, 0.6) is 0 Å². The van der Waals surface area contributed by atoms with Crippen molar-refractivity contribution < 1.29 is 9.47 Å². The van der Waals surface area contributed by atoms with Gasteiger partial charge in [-0.3, -0.25) is 9.80 Å². The van der Waals surface area contributed by atoms with Crippen LogP contribution in [-0.2, 0) is 9.47 Å². The zero-order valence-corrected chi connectivity index (χ0v) is 18.3. The van der Waals surface area contributed by atoms with Crippen molar-refractivity contribution in [2.24, 2.45) is 11.8 Å². The second kappa shape index (κ2) is 7.93. The van der Waals surface area contributed by atoms with Crippen molar-refractivity contribution in [1.82, 2.24) is 9.80 Å². The molecule has 0 aromatic rings. The Morgan fingerprint density at radius 3 is 2.44 bits per heavy atom. The van der Waals surface area contributed by atoms with E-state index in [1.54, 1.807) is 0 Å². The molecule has 6 atom stereocenters. The number of ether oxygens (including phenoxy) is 2. The normalized spacial score (nSPS) is 42.0. The fourth-order valence-corrected chi connectivity index (χ4v) is 6.42. The molecular formula is C23H42N2O2. The summed E-state index contributed by atoms with van der Waals surface area (Å²) in [6, 6.07) is 1.86. The molecule has 0 amide bonds. The monoisotopic (exact) mass is 378 g/mol. The van der Waals surface area contributed by atoms with Crippen molar-refractivity contribution in [3.05, 3.63) is 0 Å². The van der Waals surface area contributed by atoms with Crippen LogP contribution in [0, 0.1) is 11.8 Å². The maximum absolute atomic E-state index is 6.53. The molecule has 2 saturated carbocycles. The fraction of sp³-hybridized carbons (Fsp3) is 1.00. The van der Waals surface area contributed by atoms with Gasteiger partial charge in [0.2, 0.25) is 0 Å². The minimum absolute atomic E-state index is 0.225. The van der Waals surface area contributed by atoms with Crippen molar-refractivity contribution in [3.8, 4) is 0 Å². The van der Waals surface area contributed by atoms with E-state index in [0.29, 0.717) is 36.3 Å². The lowest BCUT2D eigenvalue weighted by Crippen LogP contribution is -2.52. The van der Waals surface area contributed by atoms with Gasteiger partial charge in [0.1, 0.15) is 0 Å². The van der Waals surface area contributed by atoms with E-state index < -0.39 is 0 Å². The molecule has 0 radical (unpaired) electrons. The zero-order chi connectivity index (χ0) is 19.2. The van der Waals surface area contributed by atoms with Gasteiger partial charge in [-0.05, 0) is 85.0 Å². The third-order valence-corrected chi connectivity index (χ3v) is 7.79. The molecule has 4 aliphatic rings. The lowest BCUT2D eigenvalue weighted by Gasteiger charge is -2.42. The summed E-state index contributed by atoms with van der Waals surface area (Å²) in [4.78, 5) is 5.53. The zero-order valence-electron chi connectivity index (χ0n) is 18.3. The van der Waals surface area contributed by atoms with Gasteiger partial charge in [-0.2, -0.15) is 0 Å². The summed E-state index contributed by atoms with van der Waals surface area (Å²) in [6.45, 7) is 16.2. The average molecular weight is 379 g/mol. The molecule has 4 heteroatoms. The van der Waals surface area contributed by atoms with E-state index in [1.165, 1.54) is 51.6 Å². The maximum atomic E-state index is 6.53. The molecule has 4 nitrogen and oxygen atoms in total. The van der Waals surface area contributed by atoms with Crippen LogP contribution in [0.3, 0.4) is 0 Å². The van der Waals surface area contributed by atoms with Crippen molar-refractivity contribution in [3.63, 3.8) is 0 Å². The lowest BCUT2D eigenvalue weighted by atomic mass is 9.88. The summed E-state index contributed by atoms with van der Waals surface area (Å²) in [6.07, 6.45) is 8.51. The maximum Gasteiger partial charge on any atom is 0.0733 e. The molecule has 2 aliphatic heterocycles. The molecule has 0 N–H and O–H groups in total. The van der Waals surface area contributed by atoms with Gasteiger partial charge < -0.3 is 9.47 Å². The largest absolute Gasteiger partial charge is 0.377 e. The van der Waals surface area contributed by atoms with Crippen LogP contribution in [0.1, 0.15) is 73.1 Å². The van der Waals surface area contributed by atoms with Crippen LogP contribution in [-0.4, -0.2) is 72.0 Å². The van der Waals surface area contributed by atoms with Crippen LogP contribution in [0.4, 0.5) is 0 Å². The molecule has 4 rings (SSSR count). The van der Waals surface area contributed by atoms with Crippen molar-refractivity contribution in [2.75, 3.05) is 26.3 Å². The van der Waals surface area contributed by atoms with Crippen LogP contribution < -0.4 is 0 Å². The summed E-state index contributed by atoms with van der Waals surface area (Å²) < 4.78 is 12.9. The highest BCUT2D eigenvalue weighted by Crippen LogP contribution is 2.42. The van der Waals surface area contributed by atoms with E-state index in [-0.39, 0.29) is 5.54 Å². The smallest absolute Gasteiger partial charge is 0.0733 e. The van der Waals surface area contributed by atoms with Crippen molar-refractivity contribution in [2.45, 2.75) is 109 Å². The van der Waals surface area contributed by atoms with E-state index in [1.807, 2.05) is 0 Å². The van der Waals surface area contributed by atoms with Gasteiger partial charge >= 0.3 is 0 Å². The van der Waals surface area contributed by atoms with Gasteiger partial charge in [-0.25, -0.2) is 0 Å². The molecule has 2 saturated heterocycles. The highest BCUT2D eigenvalue weighted by Gasteiger charge is 2.47. The number of hydrogen-bond acceptors (Lipinski definition) is 4. The molecule has 2 heterocycles. The second-order valence-corrected chi connectivity index (χ2v) is 10.8. The Bertz CT molecular complexity index is 503. The number of nitrogens with zero attached hydrogens (tertiary/aromatic N) is 2. The summed E-state index contributed by atoms with van der Waals surface area (Å²) in [7, 11) is 0. The topological polar surface area (TPSA) is 24.9 Å². The van der Waals surface area contributed by atoms with Gasteiger partial charge in [0.25, 0.3) is 0 Å². The van der Waals surface area contributed by atoms with Gasteiger partial charge in [0.15, 0.2) is 0 Å². The Labute approximate surface area is 166 Å². The average Bonchev–Trinajstić information content (AvgIpc) is 3.11. The molecule has 0 spiro atoms. The van der Waals surface area contributed by atoms with Gasteiger partial charge in [-0.1, -0.05) is 0 Å². The van der Waals surface area contributed by atoms with Crippen LogP contribution in [0.25, 0.3) is 0 Å². The lowest BCUT2D eigenvalue weighted by molar-refractivity contribution is 0.00469. The molecule has 0 bridgehead atoms. The SMILES string of the molecule is CC(C)N1CCCO[C@@H]2CC(C3CO[C@H]4CCC[C@@H]4N(C(C)(C)C)C3)C[C@@H]21. The first-order valence-electron chi connectivity index (χ1n) is 11.6. The molecule has 2 aliphatic carbocycles. The highest BCUT2D eigenvalue weighted by molar-refractivity contribution is 5.00. The van der Waals surface area contributed by atoms with Crippen LogP contribution in [0.15, 0.2) is 0 Å². The quantitative estimate of drug-likeness (QED) is 0.727. The predicted octanol–water partition coefficient (Wildman–Crippen LogP) is 3.93. The van der Waals surface area contributed by atoms with Gasteiger partial charge in [0.05, 0.1) is 18.8 Å². The molecule has 27 heavy (non-hydrogen) atoms. The molecule has 0 aromatic carbocycles. The van der Waals surface area contributed by atoms with Crippen LogP contribution >= 0.6 is 0 Å². The number of hydrogen-bond donors (Lipinski definition) is 0. The Kier molecular flexibility index (Phi) is 5.91.